The van der Waals surface area contributed by atoms with Crippen LogP contribution in [0.3, 0.4) is 0 Å². The summed E-state index contributed by atoms with van der Waals surface area (Å²) in [6.45, 7) is 4.18. The summed E-state index contributed by atoms with van der Waals surface area (Å²) < 4.78 is 0. The molecule has 0 atom stereocenters. The fraction of sp³-hybridized carbons (Fsp3) is 0.0769. The third-order valence-corrected chi connectivity index (χ3v) is 4.74. The third-order valence-electron chi connectivity index (χ3n) is 4.74. The van der Waals surface area contributed by atoms with Crippen molar-refractivity contribution < 1.29 is 0 Å². The zero-order valence-electron chi connectivity index (χ0n) is 16.1. The average Bonchev–Trinajstić information content (AvgIpc) is 2.73. The van der Waals surface area contributed by atoms with E-state index >= 15 is 0 Å². The van der Waals surface area contributed by atoms with Crippen molar-refractivity contribution in [2.75, 3.05) is 0 Å². The van der Waals surface area contributed by atoms with Gasteiger partial charge in [0, 0.05) is 23.2 Å². The molecule has 0 radical (unpaired) electrons. The van der Waals surface area contributed by atoms with Gasteiger partial charge in [0.25, 0.3) is 0 Å². The fourth-order valence-corrected chi connectivity index (χ4v) is 3.10. The molecule has 4 aromatic rings. The van der Waals surface area contributed by atoms with Crippen LogP contribution in [0.1, 0.15) is 22.3 Å². The Hall–Kier alpha value is -3.52. The van der Waals surface area contributed by atoms with Crippen LogP contribution in [0.25, 0.3) is 10.8 Å². The van der Waals surface area contributed by atoms with Crippen molar-refractivity contribution in [1.29, 1.82) is 0 Å². The molecule has 0 N–H and O–H groups in total. The predicted octanol–water partition coefficient (Wildman–Crippen LogP) is 6.96. The van der Waals surface area contributed by atoms with Gasteiger partial charge >= 0.3 is 0 Å². The molecule has 28 heavy (non-hydrogen) atoms. The predicted molar refractivity (Wildman–Crippen MR) is 121 cm³/mol. The number of rotatable bonds is 4. The van der Waals surface area contributed by atoms with Crippen LogP contribution in [0.15, 0.2) is 94.9 Å². The van der Waals surface area contributed by atoms with E-state index in [1.165, 1.54) is 11.1 Å². The summed E-state index contributed by atoms with van der Waals surface area (Å²) in [5, 5.41) is 2.20. The molecule has 0 fully saturated rings. The molecule has 0 unspecified atom stereocenters. The van der Waals surface area contributed by atoms with Gasteiger partial charge in [0.05, 0.1) is 11.4 Å². The molecule has 0 aliphatic heterocycles. The van der Waals surface area contributed by atoms with E-state index in [2.05, 4.69) is 74.5 Å². The van der Waals surface area contributed by atoms with E-state index < -0.39 is 0 Å². The standard InChI is InChI=1S/C26H22N2/c1-19-9-13-21(14-10-19)17-27-25-7-3-6-24-23(25)5-4-8-26(24)28-18-22-15-11-20(2)12-16-22/h3-18H,1-2H3. The molecule has 0 spiro atoms. The van der Waals surface area contributed by atoms with Gasteiger partial charge in [0.1, 0.15) is 0 Å². The molecule has 136 valence electrons. The highest BCUT2D eigenvalue weighted by atomic mass is 14.7. The second-order valence-corrected chi connectivity index (χ2v) is 6.99. The quantitative estimate of drug-likeness (QED) is 0.351. The Bertz CT molecular complexity index is 1060. The second kappa shape index (κ2) is 8.01. The second-order valence-electron chi connectivity index (χ2n) is 6.99. The van der Waals surface area contributed by atoms with E-state index in [1.807, 2.05) is 36.7 Å². The van der Waals surface area contributed by atoms with Crippen LogP contribution in [0.4, 0.5) is 11.4 Å². The maximum absolute atomic E-state index is 4.73. The van der Waals surface area contributed by atoms with Crippen LogP contribution in [-0.4, -0.2) is 12.4 Å². The molecular formula is C26H22N2. The first kappa shape index (κ1) is 17.9. The minimum atomic E-state index is 0.950. The molecule has 0 amide bonds. The number of aliphatic imine (C=N–C) groups is 2. The number of hydrogen-bond acceptors (Lipinski definition) is 2. The molecule has 0 saturated heterocycles. The number of hydrogen-bond donors (Lipinski definition) is 0. The van der Waals surface area contributed by atoms with E-state index in [-0.39, 0.29) is 0 Å². The Kier molecular flexibility index (Phi) is 5.11. The van der Waals surface area contributed by atoms with E-state index in [0.29, 0.717) is 0 Å². The molecule has 0 aromatic heterocycles. The van der Waals surface area contributed by atoms with Gasteiger partial charge in [-0.25, -0.2) is 0 Å². The molecule has 0 saturated carbocycles. The lowest BCUT2D eigenvalue weighted by molar-refractivity contribution is 1.46. The monoisotopic (exact) mass is 362 g/mol. The Labute approximate surface area is 165 Å². The van der Waals surface area contributed by atoms with Gasteiger partial charge in [-0.15, -0.1) is 0 Å². The maximum atomic E-state index is 4.73. The summed E-state index contributed by atoms with van der Waals surface area (Å²) in [5.74, 6) is 0. The molecule has 4 rings (SSSR count). The van der Waals surface area contributed by atoms with Crippen LogP contribution in [0.2, 0.25) is 0 Å². The van der Waals surface area contributed by atoms with Crippen LogP contribution < -0.4 is 0 Å². The first-order valence-electron chi connectivity index (χ1n) is 9.42. The van der Waals surface area contributed by atoms with Crippen molar-refractivity contribution in [2.24, 2.45) is 9.98 Å². The first-order chi connectivity index (χ1) is 13.7. The number of benzene rings is 4. The zero-order chi connectivity index (χ0) is 19.3. The van der Waals surface area contributed by atoms with Gasteiger partial charge in [-0.3, -0.25) is 9.98 Å². The Morgan fingerprint density at radius 3 is 1.29 bits per heavy atom. The number of fused-ring (bicyclic) bond motifs is 1. The van der Waals surface area contributed by atoms with Crippen molar-refractivity contribution in [3.8, 4) is 0 Å². The van der Waals surface area contributed by atoms with E-state index in [9.17, 15) is 0 Å². The molecule has 0 aliphatic rings. The SMILES string of the molecule is Cc1ccc(C=Nc2cccc3c(N=Cc4ccc(C)cc4)cccc23)cc1. The van der Waals surface area contributed by atoms with Gasteiger partial charge in [-0.05, 0) is 37.1 Å². The van der Waals surface area contributed by atoms with Gasteiger partial charge in [0.2, 0.25) is 0 Å². The topological polar surface area (TPSA) is 24.7 Å². The van der Waals surface area contributed by atoms with Crippen LogP contribution in [0, 0.1) is 13.8 Å². The van der Waals surface area contributed by atoms with Gasteiger partial charge in [-0.1, -0.05) is 83.9 Å². The summed E-state index contributed by atoms with van der Waals surface area (Å²) in [4.78, 5) is 9.45. The van der Waals surface area contributed by atoms with Gasteiger partial charge in [0.15, 0.2) is 0 Å². The van der Waals surface area contributed by atoms with Crippen molar-refractivity contribution in [3.05, 3.63) is 107 Å². The number of aryl methyl sites for hydroxylation is 2. The van der Waals surface area contributed by atoms with Gasteiger partial charge < -0.3 is 0 Å². The summed E-state index contributed by atoms with van der Waals surface area (Å²) in [6, 6.07) is 29.1. The highest BCUT2D eigenvalue weighted by Crippen LogP contribution is 2.32. The average molecular weight is 362 g/mol. The summed E-state index contributed by atoms with van der Waals surface area (Å²) >= 11 is 0. The molecule has 2 heteroatoms. The third kappa shape index (κ3) is 4.07. The molecular weight excluding hydrogens is 340 g/mol. The minimum absolute atomic E-state index is 0.950. The van der Waals surface area contributed by atoms with E-state index in [1.54, 1.807) is 0 Å². The Balaban J connectivity index is 1.68. The lowest BCUT2D eigenvalue weighted by Gasteiger charge is -2.05. The summed E-state index contributed by atoms with van der Waals surface area (Å²) in [7, 11) is 0. The van der Waals surface area contributed by atoms with E-state index in [0.717, 1.165) is 33.3 Å². The van der Waals surface area contributed by atoms with Crippen molar-refractivity contribution >= 4 is 34.6 Å². The van der Waals surface area contributed by atoms with Crippen molar-refractivity contribution in [2.45, 2.75) is 13.8 Å². The smallest absolute Gasteiger partial charge is 0.0709 e. The highest BCUT2D eigenvalue weighted by Gasteiger charge is 2.03. The van der Waals surface area contributed by atoms with E-state index in [4.69, 9.17) is 9.98 Å². The molecule has 0 heterocycles. The highest BCUT2D eigenvalue weighted by molar-refractivity contribution is 6.02. The lowest BCUT2D eigenvalue weighted by Crippen LogP contribution is -1.83. The lowest BCUT2D eigenvalue weighted by atomic mass is 10.1. The summed E-state index contributed by atoms with van der Waals surface area (Å²) in [6.07, 6.45) is 3.83. The molecule has 2 nitrogen and oxygen atoms in total. The van der Waals surface area contributed by atoms with Crippen molar-refractivity contribution in [3.63, 3.8) is 0 Å². The van der Waals surface area contributed by atoms with Crippen LogP contribution >= 0.6 is 0 Å². The largest absolute Gasteiger partial charge is 0.256 e. The zero-order valence-corrected chi connectivity index (χ0v) is 16.1. The van der Waals surface area contributed by atoms with Crippen molar-refractivity contribution in [1.82, 2.24) is 0 Å². The first-order valence-corrected chi connectivity index (χ1v) is 9.42. The van der Waals surface area contributed by atoms with Gasteiger partial charge in [-0.2, -0.15) is 0 Å². The summed E-state index contributed by atoms with van der Waals surface area (Å²) in [5.41, 5.74) is 6.58. The molecule has 4 aromatic carbocycles. The maximum Gasteiger partial charge on any atom is 0.0709 e. The Morgan fingerprint density at radius 2 is 0.893 bits per heavy atom. The fourth-order valence-electron chi connectivity index (χ4n) is 3.10. The normalized spacial score (nSPS) is 11.6. The number of nitrogens with zero attached hydrogens (tertiary/aromatic N) is 2. The molecule has 0 bridgehead atoms. The minimum Gasteiger partial charge on any atom is -0.256 e. The molecule has 0 aliphatic carbocycles. The van der Waals surface area contributed by atoms with Crippen LogP contribution in [0.5, 0.6) is 0 Å². The Morgan fingerprint density at radius 1 is 0.500 bits per heavy atom. The van der Waals surface area contributed by atoms with Crippen LogP contribution in [-0.2, 0) is 0 Å².